The highest BCUT2D eigenvalue weighted by Gasteiger charge is 2.32. The molecule has 152 valence electrons. The Balaban J connectivity index is 1.50. The Kier molecular flexibility index (Phi) is 5.01. The second-order valence-electron chi connectivity index (χ2n) is 6.89. The van der Waals surface area contributed by atoms with Crippen LogP contribution in [0.2, 0.25) is 5.02 Å². The maximum absolute atomic E-state index is 13.1. The summed E-state index contributed by atoms with van der Waals surface area (Å²) in [6, 6.07) is 6.27. The number of nitrogens with zero attached hydrogens (tertiary/aromatic N) is 4. The zero-order valence-electron chi connectivity index (χ0n) is 15.6. The van der Waals surface area contributed by atoms with Crippen LogP contribution in [0.1, 0.15) is 23.0 Å². The van der Waals surface area contributed by atoms with E-state index in [4.69, 9.17) is 11.6 Å². The van der Waals surface area contributed by atoms with Crippen LogP contribution < -0.4 is 10.2 Å². The molecule has 1 amide bonds. The van der Waals surface area contributed by atoms with Gasteiger partial charge in [0.15, 0.2) is 11.6 Å². The minimum atomic E-state index is -3.80. The minimum absolute atomic E-state index is 0.00784. The van der Waals surface area contributed by atoms with Crippen molar-refractivity contribution in [1.82, 2.24) is 14.5 Å². The topological polar surface area (TPSA) is 113 Å². The third kappa shape index (κ3) is 3.70. The van der Waals surface area contributed by atoms with Gasteiger partial charge in [0, 0.05) is 38.8 Å². The van der Waals surface area contributed by atoms with Crippen molar-refractivity contribution in [3.8, 4) is 0 Å². The molecule has 2 aromatic rings. The average Bonchev–Trinajstić information content (AvgIpc) is 3.06. The van der Waals surface area contributed by atoms with Crippen LogP contribution in [0.4, 0.5) is 11.5 Å². The van der Waals surface area contributed by atoms with Crippen molar-refractivity contribution in [1.29, 1.82) is 0 Å². The molecular weight excluding hydrogens is 418 g/mol. The van der Waals surface area contributed by atoms with Gasteiger partial charge in [0.25, 0.3) is 0 Å². The lowest BCUT2D eigenvalue weighted by molar-refractivity contribution is -0.115. The van der Waals surface area contributed by atoms with Gasteiger partial charge in [-0.2, -0.15) is 4.31 Å². The van der Waals surface area contributed by atoms with Gasteiger partial charge in [0.05, 0.1) is 11.4 Å². The van der Waals surface area contributed by atoms with Crippen LogP contribution in [0, 0.1) is 0 Å². The van der Waals surface area contributed by atoms with Gasteiger partial charge in [-0.1, -0.05) is 11.6 Å². The van der Waals surface area contributed by atoms with Crippen molar-refractivity contribution < 1.29 is 18.0 Å². The molecule has 1 aromatic carbocycles. The van der Waals surface area contributed by atoms with E-state index >= 15 is 0 Å². The fourth-order valence-corrected chi connectivity index (χ4v) is 5.38. The summed E-state index contributed by atoms with van der Waals surface area (Å²) >= 11 is 6.21. The van der Waals surface area contributed by atoms with E-state index in [1.807, 2.05) is 4.90 Å². The van der Waals surface area contributed by atoms with Crippen molar-refractivity contribution >= 4 is 44.8 Å². The first-order valence-electron chi connectivity index (χ1n) is 8.98. The van der Waals surface area contributed by atoms with Crippen LogP contribution >= 0.6 is 11.6 Å². The molecule has 0 saturated carbocycles. The fraction of sp³-hybridized carbons (Fsp3) is 0.333. The molecule has 29 heavy (non-hydrogen) atoms. The van der Waals surface area contributed by atoms with Gasteiger partial charge in [-0.05, 0) is 29.8 Å². The summed E-state index contributed by atoms with van der Waals surface area (Å²) in [7, 11) is -3.80. The first-order valence-corrected chi connectivity index (χ1v) is 10.8. The number of ketones is 1. The fourth-order valence-electron chi connectivity index (χ4n) is 3.40. The molecule has 11 heteroatoms. The third-order valence-corrected chi connectivity index (χ3v) is 7.34. The number of carbonyl (C=O) groups excluding carboxylic acids is 2. The van der Waals surface area contributed by atoms with Crippen molar-refractivity contribution in [2.24, 2.45) is 0 Å². The molecular formula is C18H18ClN5O4S. The number of benzene rings is 1. The Bertz CT molecular complexity index is 1100. The molecule has 1 N–H and O–H groups in total. The predicted octanol–water partition coefficient (Wildman–Crippen LogP) is 1.34. The highest BCUT2D eigenvalue weighted by atomic mass is 35.5. The molecule has 0 aliphatic carbocycles. The van der Waals surface area contributed by atoms with Crippen LogP contribution in [-0.4, -0.2) is 60.8 Å². The minimum Gasteiger partial charge on any atom is -0.352 e. The van der Waals surface area contributed by atoms with Crippen LogP contribution in [0.5, 0.6) is 0 Å². The van der Waals surface area contributed by atoms with Crippen LogP contribution in [0.25, 0.3) is 0 Å². The summed E-state index contributed by atoms with van der Waals surface area (Å²) in [6.07, 6.45) is 0.137. The first-order chi connectivity index (χ1) is 13.8. The van der Waals surface area contributed by atoms with Gasteiger partial charge in [0.1, 0.15) is 10.6 Å². The number of hydrogen-bond donors (Lipinski definition) is 1. The maximum Gasteiger partial charge on any atom is 0.244 e. The Morgan fingerprint density at radius 2 is 1.86 bits per heavy atom. The number of Topliss-reactive ketones (excluding diaryl/α,β-unsaturated/α-hetero) is 1. The number of aromatic nitrogens is 2. The zero-order chi connectivity index (χ0) is 20.8. The van der Waals surface area contributed by atoms with Gasteiger partial charge in [-0.25, -0.2) is 8.42 Å². The van der Waals surface area contributed by atoms with Crippen molar-refractivity contribution in [2.75, 3.05) is 36.4 Å². The van der Waals surface area contributed by atoms with Gasteiger partial charge < -0.3 is 10.2 Å². The van der Waals surface area contributed by atoms with E-state index in [0.29, 0.717) is 30.2 Å². The Labute approximate surface area is 172 Å². The molecule has 0 atom stereocenters. The second kappa shape index (κ2) is 7.36. The van der Waals surface area contributed by atoms with Crippen molar-refractivity contribution in [2.45, 2.75) is 18.2 Å². The molecule has 0 bridgehead atoms. The van der Waals surface area contributed by atoms with Crippen LogP contribution in [-0.2, 0) is 21.2 Å². The van der Waals surface area contributed by atoms with Crippen molar-refractivity contribution in [3.63, 3.8) is 0 Å². The quantitative estimate of drug-likeness (QED) is 0.721. The number of hydrogen-bond acceptors (Lipinski definition) is 7. The molecule has 1 saturated heterocycles. The lowest BCUT2D eigenvalue weighted by atomic mass is 10.2. The van der Waals surface area contributed by atoms with Gasteiger partial charge in [-0.3, -0.25) is 9.59 Å². The number of fused-ring (bicyclic) bond motifs is 1. The van der Waals surface area contributed by atoms with E-state index in [1.165, 1.54) is 23.4 Å². The summed E-state index contributed by atoms with van der Waals surface area (Å²) in [5.41, 5.74) is 1.46. The van der Waals surface area contributed by atoms with Crippen LogP contribution in [0.3, 0.4) is 0 Å². The Hall–Kier alpha value is -2.56. The SMILES string of the molecule is CC(=O)c1ccc(N2CCN(S(=O)(=O)c3cc4c(cc3Cl)NC(=O)C4)CC2)nn1. The van der Waals surface area contributed by atoms with Crippen molar-refractivity contribution in [3.05, 3.63) is 40.5 Å². The van der Waals surface area contributed by atoms with E-state index in [2.05, 4.69) is 15.5 Å². The highest BCUT2D eigenvalue weighted by Crippen LogP contribution is 2.34. The van der Waals surface area contributed by atoms with E-state index in [1.54, 1.807) is 12.1 Å². The number of rotatable bonds is 4. The molecule has 2 aliphatic rings. The maximum atomic E-state index is 13.1. The summed E-state index contributed by atoms with van der Waals surface area (Å²) in [6.45, 7) is 2.78. The predicted molar refractivity (Wildman–Crippen MR) is 107 cm³/mol. The largest absolute Gasteiger partial charge is 0.352 e. The number of sulfonamides is 1. The van der Waals surface area contributed by atoms with Gasteiger partial charge in [-0.15, -0.1) is 10.2 Å². The molecule has 2 aliphatic heterocycles. The molecule has 0 spiro atoms. The van der Waals surface area contributed by atoms with Crippen LogP contribution in [0.15, 0.2) is 29.2 Å². The normalized spacial score (nSPS) is 17.2. The monoisotopic (exact) mass is 435 g/mol. The highest BCUT2D eigenvalue weighted by molar-refractivity contribution is 7.89. The molecule has 0 unspecified atom stereocenters. The number of piperazine rings is 1. The average molecular weight is 436 g/mol. The number of anilines is 2. The summed E-state index contributed by atoms with van der Waals surface area (Å²) in [5, 5.41) is 10.7. The van der Waals surface area contributed by atoms with E-state index in [-0.39, 0.29) is 46.8 Å². The Morgan fingerprint density at radius 3 is 2.48 bits per heavy atom. The molecule has 3 heterocycles. The molecule has 9 nitrogen and oxygen atoms in total. The van der Waals surface area contributed by atoms with E-state index in [9.17, 15) is 18.0 Å². The standard InChI is InChI=1S/C18H18ClN5O4S/c1-11(25)14-2-3-17(22-21-14)23-4-6-24(7-5-23)29(27,28)16-8-12-9-18(26)20-15(12)10-13(16)19/h2-3,8,10H,4-7,9H2,1H3,(H,20,26). The molecule has 4 rings (SSSR count). The smallest absolute Gasteiger partial charge is 0.244 e. The Morgan fingerprint density at radius 1 is 1.14 bits per heavy atom. The van der Waals surface area contributed by atoms with Gasteiger partial charge >= 0.3 is 0 Å². The number of amides is 1. The molecule has 1 aromatic heterocycles. The number of halogens is 1. The summed E-state index contributed by atoms with van der Waals surface area (Å²) in [4.78, 5) is 24.8. The third-order valence-electron chi connectivity index (χ3n) is 4.97. The molecule has 1 fully saturated rings. The lowest BCUT2D eigenvalue weighted by Gasteiger charge is -2.34. The number of nitrogens with one attached hydrogen (secondary N) is 1. The number of carbonyl (C=O) groups is 2. The lowest BCUT2D eigenvalue weighted by Crippen LogP contribution is -2.49. The van der Waals surface area contributed by atoms with E-state index in [0.717, 1.165) is 0 Å². The zero-order valence-corrected chi connectivity index (χ0v) is 17.1. The second-order valence-corrected chi connectivity index (χ2v) is 9.20. The molecule has 0 radical (unpaired) electrons. The van der Waals surface area contributed by atoms with Gasteiger partial charge in [0.2, 0.25) is 15.9 Å². The summed E-state index contributed by atoms with van der Waals surface area (Å²) in [5.74, 6) is 0.242. The summed E-state index contributed by atoms with van der Waals surface area (Å²) < 4.78 is 27.6. The van der Waals surface area contributed by atoms with E-state index < -0.39 is 10.0 Å². The first kappa shape index (κ1) is 19.7.